The van der Waals surface area contributed by atoms with Gasteiger partial charge in [0.05, 0.1) is 11.4 Å². The van der Waals surface area contributed by atoms with Crippen LogP contribution in [-0.4, -0.2) is 16.8 Å². The molecule has 1 N–H and O–H groups in total. The molecule has 19 heavy (non-hydrogen) atoms. The van der Waals surface area contributed by atoms with Crippen molar-refractivity contribution < 1.29 is 4.39 Å². The second kappa shape index (κ2) is 4.78. The van der Waals surface area contributed by atoms with E-state index in [2.05, 4.69) is 10.4 Å². The third kappa shape index (κ3) is 2.28. The van der Waals surface area contributed by atoms with Gasteiger partial charge in [-0.1, -0.05) is 6.07 Å². The summed E-state index contributed by atoms with van der Waals surface area (Å²) >= 11 is 0. The maximum Gasteiger partial charge on any atom is 0.130 e. The standard InChI is InChI=1S/C15H18FN3/c1-10(17-2)15-12(16)4-3-5-14(15)19-9-8-13(18-19)11-6-7-11/h3-5,8-11,17H,6-7H2,1-2H3. The van der Waals surface area contributed by atoms with Gasteiger partial charge in [0.15, 0.2) is 0 Å². The van der Waals surface area contributed by atoms with Crippen LogP contribution >= 0.6 is 0 Å². The second-order valence-electron chi connectivity index (χ2n) is 5.14. The highest BCUT2D eigenvalue weighted by Gasteiger charge is 2.26. The molecule has 1 aliphatic carbocycles. The fraction of sp³-hybridized carbons (Fsp3) is 0.400. The molecule has 1 unspecified atom stereocenters. The van der Waals surface area contributed by atoms with E-state index in [1.807, 2.05) is 32.3 Å². The smallest absolute Gasteiger partial charge is 0.130 e. The number of nitrogens with zero attached hydrogens (tertiary/aromatic N) is 2. The number of rotatable bonds is 4. The summed E-state index contributed by atoms with van der Waals surface area (Å²) < 4.78 is 15.9. The number of benzene rings is 1. The quantitative estimate of drug-likeness (QED) is 0.914. The zero-order valence-corrected chi connectivity index (χ0v) is 11.2. The molecule has 0 bridgehead atoms. The summed E-state index contributed by atoms with van der Waals surface area (Å²) in [5, 5.41) is 7.68. The SMILES string of the molecule is CNC(C)c1c(F)cccc1-n1ccc(C2CC2)n1. The van der Waals surface area contributed by atoms with Gasteiger partial charge in [0.25, 0.3) is 0 Å². The largest absolute Gasteiger partial charge is 0.313 e. The first-order chi connectivity index (χ1) is 9.20. The summed E-state index contributed by atoms with van der Waals surface area (Å²) in [6.07, 6.45) is 4.37. The molecule has 3 nitrogen and oxygen atoms in total. The van der Waals surface area contributed by atoms with Crippen LogP contribution in [0.3, 0.4) is 0 Å². The average Bonchev–Trinajstić information content (AvgIpc) is 3.15. The van der Waals surface area contributed by atoms with E-state index in [1.54, 1.807) is 10.7 Å². The Morgan fingerprint density at radius 2 is 2.16 bits per heavy atom. The number of halogens is 1. The Labute approximate surface area is 112 Å². The minimum absolute atomic E-state index is 0.0511. The van der Waals surface area contributed by atoms with E-state index < -0.39 is 0 Å². The summed E-state index contributed by atoms with van der Waals surface area (Å²) in [7, 11) is 1.83. The normalized spacial score (nSPS) is 16.6. The lowest BCUT2D eigenvalue weighted by molar-refractivity contribution is 0.556. The van der Waals surface area contributed by atoms with Crippen LogP contribution in [0.25, 0.3) is 5.69 Å². The Hall–Kier alpha value is -1.68. The summed E-state index contributed by atoms with van der Waals surface area (Å²) in [4.78, 5) is 0. The molecule has 0 spiro atoms. The Bertz CT molecular complexity index is 587. The van der Waals surface area contributed by atoms with Crippen LogP contribution in [0.5, 0.6) is 0 Å². The number of hydrogen-bond acceptors (Lipinski definition) is 2. The molecule has 2 aromatic rings. The monoisotopic (exact) mass is 259 g/mol. The van der Waals surface area contributed by atoms with Crippen molar-refractivity contribution in [2.75, 3.05) is 7.05 Å². The summed E-state index contributed by atoms with van der Waals surface area (Å²) in [5.74, 6) is 0.419. The molecule has 0 radical (unpaired) electrons. The molecule has 0 amide bonds. The highest BCUT2D eigenvalue weighted by atomic mass is 19.1. The zero-order valence-electron chi connectivity index (χ0n) is 11.2. The van der Waals surface area contributed by atoms with Crippen LogP contribution < -0.4 is 5.32 Å². The Morgan fingerprint density at radius 3 is 2.84 bits per heavy atom. The van der Waals surface area contributed by atoms with Crippen molar-refractivity contribution >= 4 is 0 Å². The van der Waals surface area contributed by atoms with Crippen molar-refractivity contribution in [1.29, 1.82) is 0 Å². The van der Waals surface area contributed by atoms with Gasteiger partial charge in [-0.3, -0.25) is 0 Å². The lowest BCUT2D eigenvalue weighted by Crippen LogP contribution is -2.17. The molecule has 1 aromatic carbocycles. The van der Waals surface area contributed by atoms with E-state index in [1.165, 1.54) is 18.9 Å². The van der Waals surface area contributed by atoms with Crippen LogP contribution in [-0.2, 0) is 0 Å². The van der Waals surface area contributed by atoms with E-state index >= 15 is 0 Å². The van der Waals surface area contributed by atoms with Gasteiger partial charge in [-0.05, 0) is 45.0 Å². The maximum absolute atomic E-state index is 14.1. The van der Waals surface area contributed by atoms with Crippen molar-refractivity contribution in [2.45, 2.75) is 31.7 Å². The van der Waals surface area contributed by atoms with Gasteiger partial charge < -0.3 is 5.32 Å². The van der Waals surface area contributed by atoms with E-state index in [9.17, 15) is 4.39 Å². The van der Waals surface area contributed by atoms with Crippen molar-refractivity contribution in [2.24, 2.45) is 0 Å². The third-order valence-electron chi connectivity index (χ3n) is 3.75. The topological polar surface area (TPSA) is 29.9 Å². The molecular formula is C15H18FN3. The molecule has 1 fully saturated rings. The minimum Gasteiger partial charge on any atom is -0.313 e. The van der Waals surface area contributed by atoms with Crippen LogP contribution in [0.15, 0.2) is 30.5 Å². The van der Waals surface area contributed by atoms with Gasteiger partial charge in [-0.25, -0.2) is 9.07 Å². The van der Waals surface area contributed by atoms with Gasteiger partial charge in [-0.2, -0.15) is 5.10 Å². The molecule has 3 rings (SSSR count). The van der Waals surface area contributed by atoms with Gasteiger partial charge in [0, 0.05) is 23.7 Å². The van der Waals surface area contributed by atoms with E-state index in [4.69, 9.17) is 0 Å². The first kappa shape index (κ1) is 12.4. The minimum atomic E-state index is -0.192. The third-order valence-corrected chi connectivity index (χ3v) is 3.75. The van der Waals surface area contributed by atoms with Crippen LogP contribution in [0.2, 0.25) is 0 Å². The molecule has 0 saturated heterocycles. The maximum atomic E-state index is 14.1. The van der Waals surface area contributed by atoms with E-state index in [0.29, 0.717) is 11.5 Å². The van der Waals surface area contributed by atoms with E-state index in [-0.39, 0.29) is 11.9 Å². The lowest BCUT2D eigenvalue weighted by atomic mass is 10.1. The fourth-order valence-corrected chi connectivity index (χ4v) is 2.37. The van der Waals surface area contributed by atoms with Gasteiger partial charge in [0.1, 0.15) is 5.82 Å². The predicted octanol–water partition coefficient (Wildman–Crippen LogP) is 3.17. The molecule has 1 saturated carbocycles. The molecule has 4 heteroatoms. The van der Waals surface area contributed by atoms with Gasteiger partial charge >= 0.3 is 0 Å². The number of hydrogen-bond donors (Lipinski definition) is 1. The Balaban J connectivity index is 2.04. The van der Waals surface area contributed by atoms with Crippen molar-refractivity contribution in [1.82, 2.24) is 15.1 Å². The van der Waals surface area contributed by atoms with Crippen LogP contribution in [0.4, 0.5) is 4.39 Å². The highest BCUT2D eigenvalue weighted by Crippen LogP contribution is 2.39. The van der Waals surface area contributed by atoms with Crippen LogP contribution in [0, 0.1) is 5.82 Å². The van der Waals surface area contributed by atoms with Crippen molar-refractivity contribution in [3.63, 3.8) is 0 Å². The average molecular weight is 259 g/mol. The second-order valence-corrected chi connectivity index (χ2v) is 5.14. The van der Waals surface area contributed by atoms with Crippen LogP contribution in [0.1, 0.15) is 43.0 Å². The molecule has 1 atom stereocenters. The van der Waals surface area contributed by atoms with E-state index in [0.717, 1.165) is 11.4 Å². The summed E-state index contributed by atoms with van der Waals surface area (Å²) in [5.41, 5.74) is 2.59. The molecule has 100 valence electrons. The summed E-state index contributed by atoms with van der Waals surface area (Å²) in [6.45, 7) is 1.95. The van der Waals surface area contributed by atoms with Crippen molar-refractivity contribution in [3.05, 3.63) is 47.5 Å². The zero-order chi connectivity index (χ0) is 13.4. The number of aromatic nitrogens is 2. The Kier molecular flexibility index (Phi) is 3.11. The Morgan fingerprint density at radius 1 is 1.37 bits per heavy atom. The molecule has 1 heterocycles. The van der Waals surface area contributed by atoms with Crippen molar-refractivity contribution in [3.8, 4) is 5.69 Å². The predicted molar refractivity (Wildman–Crippen MR) is 73.0 cm³/mol. The fourth-order valence-electron chi connectivity index (χ4n) is 2.37. The molecule has 1 aliphatic rings. The highest BCUT2D eigenvalue weighted by molar-refractivity contribution is 5.43. The molecule has 0 aliphatic heterocycles. The molecular weight excluding hydrogens is 241 g/mol. The summed E-state index contributed by atoms with van der Waals surface area (Å²) in [6, 6.07) is 7.13. The van der Waals surface area contributed by atoms with Gasteiger partial charge in [-0.15, -0.1) is 0 Å². The molecule has 1 aromatic heterocycles. The number of nitrogens with one attached hydrogen (secondary N) is 1. The lowest BCUT2D eigenvalue weighted by Gasteiger charge is -2.16. The first-order valence-electron chi connectivity index (χ1n) is 6.72. The first-order valence-corrected chi connectivity index (χ1v) is 6.72. The van der Waals surface area contributed by atoms with Gasteiger partial charge in [0.2, 0.25) is 0 Å².